The van der Waals surface area contributed by atoms with Crippen molar-refractivity contribution in [2.45, 2.75) is 20.0 Å². The minimum absolute atomic E-state index is 0.0469. The van der Waals surface area contributed by atoms with Crippen LogP contribution in [0.5, 0.6) is 5.75 Å². The van der Waals surface area contributed by atoms with Gasteiger partial charge in [0.2, 0.25) is 23.1 Å². The number of allylic oxidation sites excluding steroid dienone is 2. The number of benzene rings is 1. The van der Waals surface area contributed by atoms with E-state index < -0.39 is 17.5 Å². The van der Waals surface area contributed by atoms with E-state index in [1.54, 1.807) is 24.5 Å². The molecule has 160 valence electrons. The molecular weight excluding hydrogens is 402 g/mol. The molecule has 0 atom stereocenters. The first kappa shape index (κ1) is 21.8. The molecule has 0 saturated carbocycles. The molecule has 0 unspecified atom stereocenters. The number of nitrogens with zero attached hydrogens (tertiary/aromatic N) is 1. The maximum Gasteiger partial charge on any atom is 0.339 e. The summed E-state index contributed by atoms with van der Waals surface area (Å²) in [6.07, 6.45) is 3.32. The fourth-order valence-corrected chi connectivity index (χ4v) is 3.23. The quantitative estimate of drug-likeness (QED) is 0.645. The predicted octanol–water partition coefficient (Wildman–Crippen LogP) is 2.87. The number of methoxy groups -OCH3 is 2. The molecule has 1 heterocycles. The van der Waals surface area contributed by atoms with Crippen LogP contribution in [-0.4, -0.2) is 41.8 Å². The molecule has 3 rings (SSSR count). The van der Waals surface area contributed by atoms with Crippen LogP contribution in [0.15, 0.2) is 65.4 Å². The van der Waals surface area contributed by atoms with Gasteiger partial charge in [-0.2, -0.15) is 0 Å². The number of Topliss-reactive ketones (excluding diaryl/α,β-unsaturated/α-hetero) is 2. The van der Waals surface area contributed by atoms with Gasteiger partial charge in [-0.1, -0.05) is 12.1 Å². The number of pyridine rings is 1. The third kappa shape index (κ3) is 4.48. The van der Waals surface area contributed by atoms with Gasteiger partial charge in [0, 0.05) is 35.5 Å². The van der Waals surface area contributed by atoms with E-state index in [0.29, 0.717) is 5.56 Å². The second-order valence-electron chi connectivity index (χ2n) is 6.79. The number of hydrogen-bond donors (Lipinski definition) is 1. The summed E-state index contributed by atoms with van der Waals surface area (Å²) in [6.45, 7) is 1.69. The van der Waals surface area contributed by atoms with Crippen LogP contribution in [0.4, 0.5) is 0 Å². The highest BCUT2D eigenvalue weighted by molar-refractivity contribution is 6.23. The zero-order chi connectivity index (χ0) is 22.5. The van der Waals surface area contributed by atoms with Gasteiger partial charge in [0.15, 0.2) is 0 Å². The molecule has 1 aliphatic rings. The SMILES string of the molecule is COC1=C(OC)C(=O)C(Cc2ccc(OCc3cccnc3)c(C(=O)O)c2)=C(C)C1=O. The van der Waals surface area contributed by atoms with E-state index >= 15 is 0 Å². The van der Waals surface area contributed by atoms with Gasteiger partial charge in [0.25, 0.3) is 0 Å². The van der Waals surface area contributed by atoms with Crippen LogP contribution in [0.1, 0.15) is 28.4 Å². The Morgan fingerprint density at radius 1 is 1.03 bits per heavy atom. The second kappa shape index (κ2) is 9.25. The minimum Gasteiger partial charge on any atom is -0.489 e. The molecule has 1 aromatic heterocycles. The predicted molar refractivity (Wildman–Crippen MR) is 109 cm³/mol. The zero-order valence-electron chi connectivity index (χ0n) is 17.3. The summed E-state index contributed by atoms with van der Waals surface area (Å²) in [5, 5.41) is 9.62. The third-order valence-corrected chi connectivity index (χ3v) is 4.87. The molecule has 8 nitrogen and oxygen atoms in total. The normalized spacial score (nSPS) is 14.0. The molecule has 2 aromatic rings. The van der Waals surface area contributed by atoms with Crippen molar-refractivity contribution in [3.05, 3.63) is 82.1 Å². The molecule has 1 N–H and O–H groups in total. The van der Waals surface area contributed by atoms with Gasteiger partial charge in [-0.15, -0.1) is 0 Å². The molecule has 0 saturated heterocycles. The summed E-state index contributed by atoms with van der Waals surface area (Å²) in [4.78, 5) is 41.1. The summed E-state index contributed by atoms with van der Waals surface area (Å²) in [5.41, 5.74) is 1.74. The van der Waals surface area contributed by atoms with E-state index in [9.17, 15) is 19.5 Å². The Labute approximate surface area is 178 Å². The largest absolute Gasteiger partial charge is 0.489 e. The van der Waals surface area contributed by atoms with Crippen molar-refractivity contribution >= 4 is 17.5 Å². The first-order chi connectivity index (χ1) is 14.9. The third-order valence-electron chi connectivity index (χ3n) is 4.87. The molecule has 0 spiro atoms. The average Bonchev–Trinajstić information content (AvgIpc) is 2.78. The summed E-state index contributed by atoms with van der Waals surface area (Å²) in [6, 6.07) is 8.20. The van der Waals surface area contributed by atoms with Crippen molar-refractivity contribution in [2.24, 2.45) is 0 Å². The molecule has 8 heteroatoms. The number of carbonyl (C=O) groups excluding carboxylic acids is 2. The molecule has 1 aromatic carbocycles. The van der Waals surface area contributed by atoms with Crippen LogP contribution < -0.4 is 4.74 Å². The molecule has 0 fully saturated rings. The molecule has 0 aliphatic heterocycles. The summed E-state index contributed by atoms with van der Waals surface area (Å²) in [5.74, 6) is -2.19. The number of aromatic carboxylic acids is 1. The summed E-state index contributed by atoms with van der Waals surface area (Å²) < 4.78 is 15.8. The monoisotopic (exact) mass is 423 g/mol. The molecule has 0 amide bonds. The van der Waals surface area contributed by atoms with Crippen LogP contribution >= 0.6 is 0 Å². The minimum atomic E-state index is -1.17. The lowest BCUT2D eigenvalue weighted by Gasteiger charge is -2.20. The zero-order valence-corrected chi connectivity index (χ0v) is 17.3. The van der Waals surface area contributed by atoms with E-state index in [4.69, 9.17) is 14.2 Å². The summed E-state index contributed by atoms with van der Waals surface area (Å²) >= 11 is 0. The molecule has 1 aliphatic carbocycles. The number of carboxylic acid groups (broad SMARTS) is 1. The number of rotatable bonds is 8. The first-order valence-corrected chi connectivity index (χ1v) is 9.36. The number of aromatic nitrogens is 1. The maximum absolute atomic E-state index is 12.8. The second-order valence-corrected chi connectivity index (χ2v) is 6.79. The Bertz CT molecular complexity index is 1100. The Hall–Kier alpha value is -3.94. The van der Waals surface area contributed by atoms with Gasteiger partial charge >= 0.3 is 5.97 Å². The number of ketones is 2. The van der Waals surface area contributed by atoms with Gasteiger partial charge in [-0.3, -0.25) is 14.6 Å². The van der Waals surface area contributed by atoms with Crippen molar-refractivity contribution in [3.8, 4) is 5.75 Å². The molecule has 0 bridgehead atoms. The van der Waals surface area contributed by atoms with Crippen LogP contribution in [0.2, 0.25) is 0 Å². The topological polar surface area (TPSA) is 112 Å². The lowest BCUT2D eigenvalue weighted by atomic mass is 9.88. The number of carbonyl (C=O) groups is 3. The highest BCUT2D eigenvalue weighted by Gasteiger charge is 2.34. The van der Waals surface area contributed by atoms with Crippen molar-refractivity contribution in [1.82, 2.24) is 4.98 Å². The van der Waals surface area contributed by atoms with Crippen molar-refractivity contribution in [3.63, 3.8) is 0 Å². The van der Waals surface area contributed by atoms with Crippen LogP contribution in [0.25, 0.3) is 0 Å². The van der Waals surface area contributed by atoms with Crippen molar-refractivity contribution in [2.75, 3.05) is 14.2 Å². The lowest BCUT2D eigenvalue weighted by molar-refractivity contribution is -0.121. The molecular formula is C23H21NO7. The Morgan fingerprint density at radius 2 is 1.74 bits per heavy atom. The van der Waals surface area contributed by atoms with Gasteiger partial charge in [-0.25, -0.2) is 4.79 Å². The number of ether oxygens (including phenoxy) is 3. The fraction of sp³-hybridized carbons (Fsp3) is 0.217. The van der Waals surface area contributed by atoms with Crippen molar-refractivity contribution in [1.29, 1.82) is 0 Å². The van der Waals surface area contributed by atoms with Gasteiger partial charge < -0.3 is 19.3 Å². The highest BCUT2D eigenvalue weighted by Crippen LogP contribution is 2.29. The number of hydrogen-bond acceptors (Lipinski definition) is 7. The molecule has 31 heavy (non-hydrogen) atoms. The van der Waals surface area contributed by atoms with Gasteiger partial charge in [0.1, 0.15) is 17.9 Å². The van der Waals surface area contributed by atoms with Crippen LogP contribution in [-0.2, 0) is 32.1 Å². The van der Waals surface area contributed by atoms with E-state index in [-0.39, 0.29) is 47.0 Å². The van der Waals surface area contributed by atoms with Gasteiger partial charge in [0.05, 0.1) is 14.2 Å². The maximum atomic E-state index is 12.8. The van der Waals surface area contributed by atoms with E-state index in [2.05, 4.69) is 4.98 Å². The standard InChI is InChI=1S/C23H21NO7/c1-13-16(20(26)22(30-3)21(29-2)19(13)25)9-14-6-7-18(17(10-14)23(27)28)31-12-15-5-4-8-24-11-15/h4-8,10-11H,9,12H2,1-3H3,(H,27,28). The lowest BCUT2D eigenvalue weighted by Crippen LogP contribution is -2.26. The van der Waals surface area contributed by atoms with Gasteiger partial charge in [-0.05, 0) is 30.7 Å². The summed E-state index contributed by atoms with van der Waals surface area (Å²) in [7, 11) is 2.58. The molecule has 0 radical (unpaired) electrons. The van der Waals surface area contributed by atoms with Crippen molar-refractivity contribution < 1.29 is 33.7 Å². The highest BCUT2D eigenvalue weighted by atomic mass is 16.5. The smallest absolute Gasteiger partial charge is 0.339 e. The fourth-order valence-electron chi connectivity index (χ4n) is 3.23. The first-order valence-electron chi connectivity index (χ1n) is 9.36. The number of carboxylic acids is 1. The van der Waals surface area contributed by atoms with E-state index in [1.807, 2.05) is 6.07 Å². The van der Waals surface area contributed by atoms with E-state index in [0.717, 1.165) is 5.56 Å². The average molecular weight is 423 g/mol. The Balaban J connectivity index is 1.87. The van der Waals surface area contributed by atoms with E-state index in [1.165, 1.54) is 33.3 Å². The van der Waals surface area contributed by atoms with Crippen LogP contribution in [0.3, 0.4) is 0 Å². The Morgan fingerprint density at radius 3 is 2.35 bits per heavy atom. The Kier molecular flexibility index (Phi) is 6.49. The van der Waals surface area contributed by atoms with Crippen LogP contribution in [0, 0.1) is 0 Å².